The van der Waals surface area contributed by atoms with E-state index in [1.165, 1.54) is 12.8 Å². The summed E-state index contributed by atoms with van der Waals surface area (Å²) in [6.07, 6.45) is 2.91. The van der Waals surface area contributed by atoms with Crippen molar-refractivity contribution in [3.05, 3.63) is 35.4 Å². The van der Waals surface area contributed by atoms with Gasteiger partial charge in [0.05, 0.1) is 12.2 Å². The molecule has 1 heterocycles. The first kappa shape index (κ1) is 13.1. The van der Waals surface area contributed by atoms with Gasteiger partial charge in [0.2, 0.25) is 0 Å². The van der Waals surface area contributed by atoms with Crippen LogP contribution in [0.2, 0.25) is 0 Å². The van der Waals surface area contributed by atoms with Crippen molar-refractivity contribution in [1.82, 2.24) is 4.90 Å². The Balaban J connectivity index is 1.57. The van der Waals surface area contributed by atoms with E-state index in [2.05, 4.69) is 29.2 Å². The first-order chi connectivity index (χ1) is 9.30. The van der Waals surface area contributed by atoms with Crippen LogP contribution in [0.25, 0.3) is 0 Å². The molecule has 0 saturated carbocycles. The summed E-state index contributed by atoms with van der Waals surface area (Å²) in [4.78, 5) is 2.50. The molecule has 104 valence electrons. The summed E-state index contributed by atoms with van der Waals surface area (Å²) in [7, 11) is 3.57. The number of ether oxygens (including phenoxy) is 2. The van der Waals surface area contributed by atoms with E-state index < -0.39 is 0 Å². The molecule has 0 aromatic heterocycles. The lowest BCUT2D eigenvalue weighted by Crippen LogP contribution is -2.29. The van der Waals surface area contributed by atoms with Crippen molar-refractivity contribution >= 4 is 0 Å². The fourth-order valence-electron chi connectivity index (χ4n) is 3.56. The van der Waals surface area contributed by atoms with E-state index in [1.54, 1.807) is 25.3 Å². The molecule has 0 N–H and O–H groups in total. The highest BCUT2D eigenvalue weighted by molar-refractivity contribution is 5.32. The molecule has 1 aromatic rings. The number of likely N-dealkylation sites (tertiary alicyclic amines) is 1. The van der Waals surface area contributed by atoms with E-state index in [0.29, 0.717) is 0 Å². The highest BCUT2D eigenvalue weighted by Crippen LogP contribution is 2.28. The van der Waals surface area contributed by atoms with Crippen molar-refractivity contribution in [2.24, 2.45) is 5.92 Å². The van der Waals surface area contributed by atoms with Crippen molar-refractivity contribution in [3.63, 3.8) is 0 Å². The third kappa shape index (κ3) is 2.69. The second kappa shape index (κ2) is 5.61. The van der Waals surface area contributed by atoms with E-state index in [9.17, 15) is 0 Å². The molecule has 1 aromatic carbocycles. The van der Waals surface area contributed by atoms with Gasteiger partial charge in [-0.2, -0.15) is 0 Å². The van der Waals surface area contributed by atoms with Crippen LogP contribution in [-0.4, -0.2) is 51.0 Å². The van der Waals surface area contributed by atoms with Gasteiger partial charge in [-0.25, -0.2) is 0 Å². The van der Waals surface area contributed by atoms with Gasteiger partial charge in [-0.1, -0.05) is 24.3 Å². The molecular formula is C16H23NO2. The van der Waals surface area contributed by atoms with Crippen LogP contribution in [0, 0.1) is 5.92 Å². The number of benzene rings is 1. The van der Waals surface area contributed by atoms with Crippen molar-refractivity contribution in [2.45, 2.75) is 25.0 Å². The van der Waals surface area contributed by atoms with Gasteiger partial charge >= 0.3 is 0 Å². The predicted molar refractivity (Wildman–Crippen MR) is 75.4 cm³/mol. The standard InChI is InChI=1S/C16H23NO2/c1-18-15-10-17(11-16(15)19-2)9-12-7-13-5-3-4-6-14(13)8-12/h3-6,12,15-16H,7-11H2,1-2H3/t15-,16+. The molecule has 0 bridgehead atoms. The molecule has 1 aliphatic heterocycles. The lowest BCUT2D eigenvalue weighted by Gasteiger charge is -2.19. The Hall–Kier alpha value is -0.900. The van der Waals surface area contributed by atoms with Gasteiger partial charge in [0.1, 0.15) is 0 Å². The molecule has 1 aliphatic carbocycles. The first-order valence-corrected chi connectivity index (χ1v) is 7.15. The topological polar surface area (TPSA) is 21.7 Å². The summed E-state index contributed by atoms with van der Waals surface area (Å²) in [5.74, 6) is 0.755. The number of methoxy groups -OCH3 is 2. The third-order valence-electron chi connectivity index (χ3n) is 4.55. The number of fused-ring (bicyclic) bond motifs is 1. The molecule has 2 atom stereocenters. The van der Waals surface area contributed by atoms with E-state index in [1.807, 2.05) is 0 Å². The van der Waals surface area contributed by atoms with E-state index in [0.717, 1.165) is 25.6 Å². The van der Waals surface area contributed by atoms with Crippen LogP contribution in [0.1, 0.15) is 11.1 Å². The second-order valence-corrected chi connectivity index (χ2v) is 5.81. The van der Waals surface area contributed by atoms with Crippen molar-refractivity contribution < 1.29 is 9.47 Å². The molecule has 0 amide bonds. The maximum absolute atomic E-state index is 5.50. The van der Waals surface area contributed by atoms with Gasteiger partial charge in [-0.15, -0.1) is 0 Å². The lowest BCUT2D eigenvalue weighted by atomic mass is 10.1. The van der Waals surface area contributed by atoms with E-state index in [4.69, 9.17) is 9.47 Å². The van der Waals surface area contributed by atoms with Crippen LogP contribution in [0.5, 0.6) is 0 Å². The Kier molecular flexibility index (Phi) is 3.87. The number of rotatable bonds is 4. The second-order valence-electron chi connectivity index (χ2n) is 5.81. The van der Waals surface area contributed by atoms with Gasteiger partial charge in [-0.3, -0.25) is 4.90 Å². The zero-order chi connectivity index (χ0) is 13.2. The average molecular weight is 261 g/mol. The van der Waals surface area contributed by atoms with Crippen LogP contribution < -0.4 is 0 Å². The molecule has 1 saturated heterocycles. The smallest absolute Gasteiger partial charge is 0.0971 e. The Bertz CT molecular complexity index is 398. The summed E-state index contributed by atoms with van der Waals surface area (Å²) in [5, 5.41) is 0. The van der Waals surface area contributed by atoms with Gasteiger partial charge in [0.25, 0.3) is 0 Å². The summed E-state index contributed by atoms with van der Waals surface area (Å²) in [5.41, 5.74) is 3.08. The monoisotopic (exact) mass is 261 g/mol. The zero-order valence-electron chi connectivity index (χ0n) is 11.8. The predicted octanol–water partition coefficient (Wildman–Crippen LogP) is 1.75. The van der Waals surface area contributed by atoms with Gasteiger partial charge < -0.3 is 9.47 Å². The third-order valence-corrected chi connectivity index (χ3v) is 4.55. The largest absolute Gasteiger partial charge is 0.377 e. The highest BCUT2D eigenvalue weighted by Gasteiger charge is 2.34. The fourth-order valence-corrected chi connectivity index (χ4v) is 3.56. The molecule has 0 radical (unpaired) electrons. The molecule has 19 heavy (non-hydrogen) atoms. The van der Waals surface area contributed by atoms with Crippen LogP contribution in [0.15, 0.2) is 24.3 Å². The molecule has 0 spiro atoms. The molecule has 3 heteroatoms. The lowest BCUT2D eigenvalue weighted by molar-refractivity contribution is -0.00461. The van der Waals surface area contributed by atoms with Gasteiger partial charge in [0, 0.05) is 33.9 Å². The number of nitrogens with zero attached hydrogens (tertiary/aromatic N) is 1. The summed E-state index contributed by atoms with van der Waals surface area (Å²) in [6.45, 7) is 3.16. The van der Waals surface area contributed by atoms with Crippen molar-refractivity contribution in [2.75, 3.05) is 33.9 Å². The van der Waals surface area contributed by atoms with Crippen LogP contribution >= 0.6 is 0 Å². The minimum atomic E-state index is 0.230. The minimum absolute atomic E-state index is 0.230. The first-order valence-electron chi connectivity index (χ1n) is 7.15. The average Bonchev–Trinajstić information content (AvgIpc) is 3.01. The van der Waals surface area contributed by atoms with Crippen molar-refractivity contribution in [1.29, 1.82) is 0 Å². The van der Waals surface area contributed by atoms with E-state index >= 15 is 0 Å². The maximum Gasteiger partial charge on any atom is 0.0971 e. The summed E-state index contributed by atoms with van der Waals surface area (Å²) in [6, 6.07) is 8.85. The van der Waals surface area contributed by atoms with Crippen LogP contribution in [-0.2, 0) is 22.3 Å². The normalized spacial score (nSPS) is 27.9. The van der Waals surface area contributed by atoms with Crippen LogP contribution in [0.4, 0.5) is 0 Å². The molecule has 3 rings (SSSR count). The zero-order valence-corrected chi connectivity index (χ0v) is 11.8. The molecule has 0 unspecified atom stereocenters. The van der Waals surface area contributed by atoms with Crippen molar-refractivity contribution in [3.8, 4) is 0 Å². The highest BCUT2D eigenvalue weighted by atomic mass is 16.5. The SMILES string of the molecule is CO[C@H]1CN(CC2Cc3ccccc3C2)C[C@H]1OC. The van der Waals surface area contributed by atoms with Gasteiger partial charge in [0.15, 0.2) is 0 Å². The van der Waals surface area contributed by atoms with Crippen LogP contribution in [0.3, 0.4) is 0 Å². The fraction of sp³-hybridized carbons (Fsp3) is 0.625. The Morgan fingerprint density at radius 3 is 2.00 bits per heavy atom. The Morgan fingerprint density at radius 2 is 1.53 bits per heavy atom. The van der Waals surface area contributed by atoms with Gasteiger partial charge in [-0.05, 0) is 29.9 Å². The Labute approximate surface area is 115 Å². The minimum Gasteiger partial charge on any atom is -0.377 e. The molecule has 3 nitrogen and oxygen atoms in total. The maximum atomic E-state index is 5.50. The molecule has 2 aliphatic rings. The quantitative estimate of drug-likeness (QED) is 0.824. The number of hydrogen-bond acceptors (Lipinski definition) is 3. The molecule has 1 fully saturated rings. The van der Waals surface area contributed by atoms with E-state index in [-0.39, 0.29) is 12.2 Å². The summed E-state index contributed by atoms with van der Waals surface area (Å²) < 4.78 is 11.0. The Morgan fingerprint density at radius 1 is 1.00 bits per heavy atom. The summed E-state index contributed by atoms with van der Waals surface area (Å²) >= 11 is 0. The number of hydrogen-bond donors (Lipinski definition) is 0. The molecular weight excluding hydrogens is 238 g/mol.